The number of nitrogens with two attached hydrogens (primary N) is 1. The van der Waals surface area contributed by atoms with Crippen molar-refractivity contribution in [2.24, 2.45) is 0 Å². The van der Waals surface area contributed by atoms with Gasteiger partial charge in [0.1, 0.15) is 12.4 Å². The van der Waals surface area contributed by atoms with Gasteiger partial charge in [-0.2, -0.15) is 4.98 Å². The largest absolute Gasteiger partial charge is 0.486 e. The molecular formula is C23H26N6O2S. The Morgan fingerprint density at radius 1 is 1.03 bits per heavy atom. The lowest BCUT2D eigenvalue weighted by Gasteiger charge is -2.19. The minimum absolute atomic E-state index is 0.1000. The van der Waals surface area contributed by atoms with Crippen molar-refractivity contribution in [1.82, 2.24) is 25.0 Å². The third kappa shape index (κ3) is 5.47. The highest BCUT2D eigenvalue weighted by molar-refractivity contribution is 7.98. The molecule has 0 saturated carbocycles. The van der Waals surface area contributed by atoms with Gasteiger partial charge in [0.25, 0.3) is 0 Å². The number of hydrogen-bond acceptors (Lipinski definition) is 8. The first-order chi connectivity index (χ1) is 15.4. The normalized spacial score (nSPS) is 11.6. The van der Waals surface area contributed by atoms with Crippen LogP contribution in [0, 0.1) is 0 Å². The van der Waals surface area contributed by atoms with Gasteiger partial charge < -0.3 is 15.1 Å². The van der Waals surface area contributed by atoms with Gasteiger partial charge in [-0.15, -0.1) is 10.2 Å². The van der Waals surface area contributed by atoms with E-state index in [1.165, 1.54) is 22.0 Å². The van der Waals surface area contributed by atoms with Crippen LogP contribution in [0.5, 0.6) is 5.75 Å². The average Bonchev–Trinajstić information content (AvgIpc) is 3.37. The Bertz CT molecular complexity index is 1150. The average molecular weight is 451 g/mol. The summed E-state index contributed by atoms with van der Waals surface area (Å²) in [5.74, 6) is 9.04. The number of thioether (sulfide) groups is 1. The van der Waals surface area contributed by atoms with Crippen LogP contribution in [0.3, 0.4) is 0 Å². The van der Waals surface area contributed by atoms with Crippen molar-refractivity contribution in [2.75, 3.05) is 5.84 Å². The first-order valence-electron chi connectivity index (χ1n) is 10.3. The second-order valence-electron chi connectivity index (χ2n) is 8.39. The maximum Gasteiger partial charge on any atom is 0.237 e. The standard InChI is InChI=1S/C23H26N6O2S/c1-23(2,3)17-9-11-18(12-10-17)30-14-20-26-27-22(29(20)24)32-15-21-25-19(28-31-21)13-16-7-5-4-6-8-16/h4-12H,13-15,24H2,1-3H3. The Morgan fingerprint density at radius 3 is 2.50 bits per heavy atom. The van der Waals surface area contributed by atoms with Gasteiger partial charge in [0.05, 0.1) is 5.75 Å². The molecule has 166 valence electrons. The van der Waals surface area contributed by atoms with E-state index in [0.717, 1.165) is 11.3 Å². The summed E-state index contributed by atoms with van der Waals surface area (Å²) in [5.41, 5.74) is 2.48. The molecule has 0 aliphatic rings. The molecule has 2 heterocycles. The van der Waals surface area contributed by atoms with E-state index in [2.05, 4.69) is 53.2 Å². The van der Waals surface area contributed by atoms with Crippen molar-refractivity contribution in [1.29, 1.82) is 0 Å². The lowest BCUT2D eigenvalue weighted by atomic mass is 9.87. The number of nitrogens with zero attached hydrogens (tertiary/aromatic N) is 5. The summed E-state index contributed by atoms with van der Waals surface area (Å²) < 4.78 is 12.6. The van der Waals surface area contributed by atoms with Gasteiger partial charge >= 0.3 is 0 Å². The lowest BCUT2D eigenvalue weighted by molar-refractivity contribution is 0.291. The minimum Gasteiger partial charge on any atom is -0.486 e. The molecule has 4 aromatic rings. The summed E-state index contributed by atoms with van der Waals surface area (Å²) in [5, 5.41) is 12.9. The van der Waals surface area contributed by atoms with Crippen LogP contribution in [-0.4, -0.2) is 25.0 Å². The van der Waals surface area contributed by atoms with E-state index >= 15 is 0 Å². The Balaban J connectivity index is 1.30. The molecule has 0 spiro atoms. The van der Waals surface area contributed by atoms with Gasteiger partial charge in [-0.25, -0.2) is 4.68 Å². The molecule has 4 rings (SSSR count). The van der Waals surface area contributed by atoms with E-state index < -0.39 is 0 Å². The molecule has 0 unspecified atom stereocenters. The summed E-state index contributed by atoms with van der Waals surface area (Å²) in [7, 11) is 0. The van der Waals surface area contributed by atoms with Crippen LogP contribution >= 0.6 is 11.8 Å². The molecule has 0 saturated heterocycles. The van der Waals surface area contributed by atoms with E-state index in [0.29, 0.717) is 34.9 Å². The molecule has 0 amide bonds. The van der Waals surface area contributed by atoms with Gasteiger partial charge in [0.2, 0.25) is 11.0 Å². The zero-order chi connectivity index (χ0) is 22.6. The molecule has 32 heavy (non-hydrogen) atoms. The predicted octanol–water partition coefficient (Wildman–Crippen LogP) is 4.13. The van der Waals surface area contributed by atoms with Gasteiger partial charge in [0.15, 0.2) is 11.6 Å². The Hall–Kier alpha value is -3.33. The molecule has 9 heteroatoms. The number of aromatic nitrogens is 5. The number of hydrogen-bond donors (Lipinski definition) is 1. The van der Waals surface area contributed by atoms with E-state index in [1.807, 2.05) is 42.5 Å². The number of benzene rings is 2. The predicted molar refractivity (Wildman–Crippen MR) is 123 cm³/mol. The lowest BCUT2D eigenvalue weighted by Crippen LogP contribution is -2.16. The van der Waals surface area contributed by atoms with E-state index in [-0.39, 0.29) is 12.0 Å². The fourth-order valence-corrected chi connectivity index (χ4v) is 3.74. The van der Waals surface area contributed by atoms with Crippen LogP contribution in [0.4, 0.5) is 0 Å². The highest BCUT2D eigenvalue weighted by Gasteiger charge is 2.15. The molecule has 8 nitrogen and oxygen atoms in total. The summed E-state index contributed by atoms with van der Waals surface area (Å²) in [6.07, 6.45) is 0.625. The molecule has 0 aliphatic heterocycles. The number of nitrogen functional groups attached to an aromatic ring is 1. The zero-order valence-corrected chi connectivity index (χ0v) is 19.2. The summed E-state index contributed by atoms with van der Waals surface area (Å²) in [6, 6.07) is 18.1. The molecule has 0 bridgehead atoms. The van der Waals surface area contributed by atoms with Gasteiger partial charge in [-0.05, 0) is 28.7 Å². The van der Waals surface area contributed by atoms with Gasteiger partial charge in [0, 0.05) is 6.42 Å². The van der Waals surface area contributed by atoms with Crippen molar-refractivity contribution in [3.63, 3.8) is 0 Å². The quantitative estimate of drug-likeness (QED) is 0.315. The van der Waals surface area contributed by atoms with Crippen LogP contribution in [0.25, 0.3) is 0 Å². The molecule has 2 aromatic heterocycles. The molecule has 0 aliphatic carbocycles. The Morgan fingerprint density at radius 2 is 1.78 bits per heavy atom. The third-order valence-corrected chi connectivity index (χ3v) is 5.79. The van der Waals surface area contributed by atoms with Gasteiger partial charge in [-0.1, -0.05) is 80.2 Å². The van der Waals surface area contributed by atoms with Crippen LogP contribution in [0.1, 0.15) is 49.4 Å². The Labute approximate surface area is 191 Å². The molecule has 0 fully saturated rings. The van der Waals surface area contributed by atoms with Crippen LogP contribution < -0.4 is 10.6 Å². The van der Waals surface area contributed by atoms with Crippen LogP contribution in [0.2, 0.25) is 0 Å². The van der Waals surface area contributed by atoms with Crippen LogP contribution in [0.15, 0.2) is 64.3 Å². The van der Waals surface area contributed by atoms with E-state index in [1.54, 1.807) is 0 Å². The third-order valence-electron chi connectivity index (χ3n) is 4.86. The van der Waals surface area contributed by atoms with Crippen molar-refractivity contribution in [3.8, 4) is 5.75 Å². The number of ether oxygens (including phenoxy) is 1. The molecule has 2 aromatic carbocycles. The second-order valence-corrected chi connectivity index (χ2v) is 9.33. The van der Waals surface area contributed by atoms with Crippen LogP contribution in [-0.2, 0) is 24.2 Å². The summed E-state index contributed by atoms with van der Waals surface area (Å²) in [6.45, 7) is 6.76. The maximum atomic E-state index is 6.14. The van der Waals surface area contributed by atoms with Gasteiger partial charge in [-0.3, -0.25) is 0 Å². The van der Waals surface area contributed by atoms with Crippen molar-refractivity contribution in [3.05, 3.63) is 83.3 Å². The molecule has 0 radical (unpaired) electrons. The minimum atomic E-state index is 0.1000. The zero-order valence-electron chi connectivity index (χ0n) is 18.4. The van der Waals surface area contributed by atoms with E-state index in [4.69, 9.17) is 15.1 Å². The number of rotatable bonds is 8. The summed E-state index contributed by atoms with van der Waals surface area (Å²) >= 11 is 1.38. The monoisotopic (exact) mass is 450 g/mol. The molecule has 2 N–H and O–H groups in total. The van der Waals surface area contributed by atoms with Crippen molar-refractivity contribution < 1.29 is 9.26 Å². The smallest absolute Gasteiger partial charge is 0.237 e. The fraction of sp³-hybridized carbons (Fsp3) is 0.304. The summed E-state index contributed by atoms with van der Waals surface area (Å²) in [4.78, 5) is 4.44. The Kier molecular flexibility index (Phi) is 6.45. The fourth-order valence-electron chi connectivity index (χ4n) is 3.03. The first kappa shape index (κ1) is 21.9. The second kappa shape index (κ2) is 9.44. The SMILES string of the molecule is CC(C)(C)c1ccc(OCc2nnc(SCc3nc(Cc4ccccc4)no3)n2N)cc1. The maximum absolute atomic E-state index is 6.14. The van der Waals surface area contributed by atoms with E-state index in [9.17, 15) is 0 Å². The highest BCUT2D eigenvalue weighted by atomic mass is 32.2. The molecule has 0 atom stereocenters. The molecular weight excluding hydrogens is 424 g/mol. The topological polar surface area (TPSA) is 105 Å². The van der Waals surface area contributed by atoms with Crippen molar-refractivity contribution in [2.45, 2.75) is 50.1 Å². The highest BCUT2D eigenvalue weighted by Crippen LogP contribution is 2.25. The first-order valence-corrected chi connectivity index (χ1v) is 11.3. The van der Waals surface area contributed by atoms with Crippen molar-refractivity contribution >= 4 is 11.8 Å².